The molecular weight excluding hydrogens is 271 g/mol. The molecule has 0 N–H and O–H groups in total. The molecule has 0 bridgehead atoms. The smallest absolute Gasteiger partial charge is 0.266 e. The summed E-state index contributed by atoms with van der Waals surface area (Å²) in [6.07, 6.45) is -3.33. The highest BCUT2D eigenvalue weighted by Gasteiger charge is 2.48. The van der Waals surface area contributed by atoms with Crippen LogP contribution in [0.5, 0.6) is 0 Å². The molecule has 1 aromatic carbocycles. The van der Waals surface area contributed by atoms with Gasteiger partial charge in [-0.05, 0) is 12.0 Å². The lowest BCUT2D eigenvalue weighted by atomic mass is 9.91. The second-order valence-corrected chi connectivity index (χ2v) is 5.33. The summed E-state index contributed by atoms with van der Waals surface area (Å²) in [5.74, 6) is -2.01. The van der Waals surface area contributed by atoms with Crippen LogP contribution in [-0.4, -0.2) is 36.9 Å². The number of halogens is 3. The molecule has 0 spiro atoms. The first-order valence-corrected chi connectivity index (χ1v) is 6.50. The monoisotopic (exact) mass is 288 g/mol. The maximum atomic E-state index is 12.3. The summed E-state index contributed by atoms with van der Waals surface area (Å²) in [7, 11) is 1.53. The van der Waals surface area contributed by atoms with E-state index < -0.39 is 12.1 Å². The number of hydrogen-bond acceptors (Lipinski definition) is 2. The van der Waals surface area contributed by atoms with Crippen molar-refractivity contribution in [3.63, 3.8) is 0 Å². The first-order valence-electron chi connectivity index (χ1n) is 6.50. The number of hydroxylamine groups is 3. The number of likely N-dealkylation sites (N-methyl/N-ethyl adjacent to an activating group) is 1. The van der Waals surface area contributed by atoms with Gasteiger partial charge in [0, 0.05) is 12.3 Å². The van der Waals surface area contributed by atoms with E-state index in [-0.39, 0.29) is 10.6 Å². The van der Waals surface area contributed by atoms with Gasteiger partial charge in [0.05, 0.1) is 0 Å². The van der Waals surface area contributed by atoms with Crippen molar-refractivity contribution < 1.29 is 27.4 Å². The molecule has 2 rings (SSSR count). The van der Waals surface area contributed by atoms with Crippen LogP contribution in [0.3, 0.4) is 0 Å². The number of alkyl halides is 3. The number of nitrogens with zero attached hydrogens (tertiary/aromatic N) is 1. The molecule has 2 unspecified atom stereocenters. The van der Waals surface area contributed by atoms with Crippen molar-refractivity contribution in [2.24, 2.45) is 0 Å². The summed E-state index contributed by atoms with van der Waals surface area (Å²) in [6.45, 7) is 0.775. The first-order chi connectivity index (χ1) is 9.30. The second-order valence-electron chi connectivity index (χ2n) is 5.33. The number of quaternary nitrogens is 1. The van der Waals surface area contributed by atoms with Gasteiger partial charge in [0.15, 0.2) is 0 Å². The number of rotatable bonds is 2. The SMILES string of the molecule is C[N+]1(OC(=O)C(F)(F)F)CCCC(c2ccccc2)C1. The Labute approximate surface area is 115 Å². The van der Waals surface area contributed by atoms with Crippen molar-refractivity contribution in [3.8, 4) is 0 Å². The van der Waals surface area contributed by atoms with Gasteiger partial charge in [-0.3, -0.25) is 4.84 Å². The average molecular weight is 288 g/mol. The van der Waals surface area contributed by atoms with Crippen molar-refractivity contribution >= 4 is 5.97 Å². The molecule has 2 atom stereocenters. The number of carbonyl (C=O) groups excluding carboxylic acids is 1. The molecule has 6 heteroatoms. The van der Waals surface area contributed by atoms with Gasteiger partial charge in [-0.2, -0.15) is 13.2 Å². The highest BCUT2D eigenvalue weighted by atomic mass is 19.4. The van der Waals surface area contributed by atoms with Gasteiger partial charge in [-0.15, -0.1) is 4.65 Å². The van der Waals surface area contributed by atoms with Gasteiger partial charge in [0.1, 0.15) is 20.1 Å². The summed E-state index contributed by atoms with van der Waals surface area (Å²) in [5.41, 5.74) is 1.07. The van der Waals surface area contributed by atoms with Crippen LogP contribution in [-0.2, 0) is 9.63 Å². The van der Waals surface area contributed by atoms with Crippen molar-refractivity contribution in [2.45, 2.75) is 24.9 Å². The quantitative estimate of drug-likeness (QED) is 0.782. The van der Waals surface area contributed by atoms with Gasteiger partial charge in [0.2, 0.25) is 0 Å². The predicted molar refractivity (Wildman–Crippen MR) is 66.5 cm³/mol. The van der Waals surface area contributed by atoms with Crippen LogP contribution in [0.15, 0.2) is 30.3 Å². The number of hydrogen-bond donors (Lipinski definition) is 0. The fraction of sp³-hybridized carbons (Fsp3) is 0.500. The van der Waals surface area contributed by atoms with Gasteiger partial charge in [-0.25, -0.2) is 4.79 Å². The van der Waals surface area contributed by atoms with E-state index in [0.717, 1.165) is 18.4 Å². The Morgan fingerprint density at radius 2 is 1.95 bits per heavy atom. The third-order valence-corrected chi connectivity index (χ3v) is 3.60. The number of benzene rings is 1. The minimum absolute atomic E-state index is 0.107. The van der Waals surface area contributed by atoms with Crippen LogP contribution in [0.2, 0.25) is 0 Å². The molecule has 0 aliphatic carbocycles. The van der Waals surface area contributed by atoms with Crippen molar-refractivity contribution in [1.29, 1.82) is 0 Å². The summed E-state index contributed by atoms with van der Waals surface area (Å²) < 4.78 is 36.6. The zero-order valence-corrected chi connectivity index (χ0v) is 11.2. The molecule has 0 aromatic heterocycles. The first kappa shape index (κ1) is 14.8. The van der Waals surface area contributed by atoms with Crippen LogP contribution < -0.4 is 0 Å². The Bertz CT molecular complexity index is 475. The fourth-order valence-corrected chi connectivity index (χ4v) is 2.65. The maximum Gasteiger partial charge on any atom is 0.497 e. The lowest BCUT2D eigenvalue weighted by Crippen LogP contribution is -2.53. The largest absolute Gasteiger partial charge is 0.497 e. The molecule has 1 aliphatic rings. The molecule has 1 saturated heterocycles. The average Bonchev–Trinajstić information content (AvgIpc) is 2.38. The van der Waals surface area contributed by atoms with E-state index >= 15 is 0 Å². The molecule has 20 heavy (non-hydrogen) atoms. The minimum Gasteiger partial charge on any atom is -0.266 e. The molecule has 3 nitrogen and oxygen atoms in total. The predicted octanol–water partition coefficient (Wildman–Crippen LogP) is 3.03. The van der Waals surface area contributed by atoms with Crippen LogP contribution >= 0.6 is 0 Å². The van der Waals surface area contributed by atoms with Crippen molar-refractivity contribution in [3.05, 3.63) is 35.9 Å². The van der Waals surface area contributed by atoms with Crippen LogP contribution in [0.1, 0.15) is 24.3 Å². The third-order valence-electron chi connectivity index (χ3n) is 3.60. The molecule has 110 valence electrons. The van der Waals surface area contributed by atoms with E-state index in [0.29, 0.717) is 13.1 Å². The summed E-state index contributed by atoms with van der Waals surface area (Å²) >= 11 is 0. The summed E-state index contributed by atoms with van der Waals surface area (Å²) in [4.78, 5) is 15.7. The summed E-state index contributed by atoms with van der Waals surface area (Å²) in [6, 6.07) is 9.59. The Balaban J connectivity index is 2.08. The van der Waals surface area contributed by atoms with Crippen molar-refractivity contribution in [1.82, 2.24) is 0 Å². The van der Waals surface area contributed by atoms with E-state index in [9.17, 15) is 18.0 Å². The minimum atomic E-state index is -4.94. The Hall–Kier alpha value is -1.56. The molecule has 0 radical (unpaired) electrons. The van der Waals surface area contributed by atoms with E-state index in [1.807, 2.05) is 30.3 Å². The van der Waals surface area contributed by atoms with Gasteiger partial charge in [0.25, 0.3) is 0 Å². The molecular formula is C14H17F3NO2+. The van der Waals surface area contributed by atoms with E-state index in [4.69, 9.17) is 0 Å². The molecule has 0 saturated carbocycles. The van der Waals surface area contributed by atoms with E-state index in [2.05, 4.69) is 4.84 Å². The normalized spacial score (nSPS) is 27.1. The Kier molecular flexibility index (Phi) is 4.04. The van der Waals surface area contributed by atoms with Gasteiger partial charge < -0.3 is 0 Å². The zero-order valence-electron chi connectivity index (χ0n) is 11.2. The van der Waals surface area contributed by atoms with Gasteiger partial charge in [-0.1, -0.05) is 30.3 Å². The zero-order chi connectivity index (χ0) is 14.8. The third kappa shape index (κ3) is 3.50. The standard InChI is InChI=1S/C14H17F3NO2/c1-18(20-13(19)14(15,16)17)9-5-8-12(10-18)11-6-3-2-4-7-11/h2-4,6-7,12H,5,8-10H2,1H3/q+1. The van der Waals surface area contributed by atoms with Gasteiger partial charge >= 0.3 is 12.1 Å². The number of carbonyl (C=O) groups is 1. The highest BCUT2D eigenvalue weighted by molar-refractivity contribution is 5.74. The number of piperidine rings is 1. The maximum absolute atomic E-state index is 12.3. The Morgan fingerprint density at radius 1 is 1.30 bits per heavy atom. The fourth-order valence-electron chi connectivity index (χ4n) is 2.65. The highest BCUT2D eigenvalue weighted by Crippen LogP contribution is 2.31. The molecule has 1 aromatic rings. The van der Waals surface area contributed by atoms with E-state index in [1.165, 1.54) is 7.05 Å². The molecule has 1 heterocycles. The van der Waals surface area contributed by atoms with Crippen LogP contribution in [0, 0.1) is 0 Å². The molecule has 1 fully saturated rings. The van der Waals surface area contributed by atoms with Crippen LogP contribution in [0.4, 0.5) is 13.2 Å². The van der Waals surface area contributed by atoms with E-state index in [1.54, 1.807) is 0 Å². The lowest BCUT2D eigenvalue weighted by Gasteiger charge is -2.37. The summed E-state index contributed by atoms with van der Waals surface area (Å²) in [5, 5.41) is 0. The van der Waals surface area contributed by atoms with Crippen LogP contribution in [0.25, 0.3) is 0 Å². The topological polar surface area (TPSA) is 26.3 Å². The Morgan fingerprint density at radius 3 is 2.55 bits per heavy atom. The molecule has 0 amide bonds. The second kappa shape index (κ2) is 5.44. The number of likely N-dealkylation sites (tertiary alicyclic amines) is 1. The molecule has 1 aliphatic heterocycles. The lowest BCUT2D eigenvalue weighted by molar-refractivity contribution is -1.08. The van der Waals surface area contributed by atoms with Crippen molar-refractivity contribution in [2.75, 3.05) is 20.1 Å².